The molecule has 4 atom stereocenters. The summed E-state index contributed by atoms with van der Waals surface area (Å²) in [6, 6.07) is 6.67. The fourth-order valence-electron chi connectivity index (χ4n) is 4.87. The number of phenols is 1. The standard InChI is InChI=1S/C24H26F2N6O2/c1-32(18-11-15-4-3-5-17(28-15)23(18)26)21-12-27-24(31-30-21)16-7-6-13(8-19(16)33)14-9-20(25)29-22(10-14)34-2/h6-10,12,15,17-18,23,28,33H,3-5,11H2,1-2H3/t15-,17-,18-,23+/m1/s1/i2D3. The molecule has 1 aromatic carbocycles. The van der Waals surface area contributed by atoms with E-state index in [1.54, 1.807) is 24.1 Å². The number of methoxy groups -OCH3 is 1. The first kappa shape index (κ1) is 19.0. The second-order valence-electron chi connectivity index (χ2n) is 8.75. The zero-order valence-corrected chi connectivity index (χ0v) is 18.4. The second-order valence-corrected chi connectivity index (χ2v) is 8.75. The monoisotopic (exact) mass is 471 g/mol. The van der Waals surface area contributed by atoms with Gasteiger partial charge in [-0.15, -0.1) is 10.2 Å². The summed E-state index contributed by atoms with van der Waals surface area (Å²) in [4.78, 5) is 9.55. The van der Waals surface area contributed by atoms with Crippen LogP contribution in [0.1, 0.15) is 29.8 Å². The molecule has 2 N–H and O–H groups in total. The van der Waals surface area contributed by atoms with E-state index in [9.17, 15) is 9.50 Å². The zero-order chi connectivity index (χ0) is 26.3. The summed E-state index contributed by atoms with van der Waals surface area (Å²) in [7, 11) is -1.000. The van der Waals surface area contributed by atoms with Gasteiger partial charge in [0.05, 0.1) is 29.0 Å². The molecule has 0 spiro atoms. The third kappa shape index (κ3) is 4.25. The normalized spacial score (nSPS) is 25.7. The van der Waals surface area contributed by atoms with Crippen LogP contribution in [-0.2, 0) is 0 Å². The van der Waals surface area contributed by atoms with Crippen LogP contribution in [0.3, 0.4) is 0 Å². The van der Waals surface area contributed by atoms with E-state index in [-0.39, 0.29) is 29.2 Å². The molecule has 2 fully saturated rings. The molecule has 5 rings (SSSR count). The highest BCUT2D eigenvalue weighted by atomic mass is 19.1. The van der Waals surface area contributed by atoms with Crippen LogP contribution in [0.4, 0.5) is 14.6 Å². The Morgan fingerprint density at radius 1 is 1.21 bits per heavy atom. The van der Waals surface area contributed by atoms with E-state index in [2.05, 4.69) is 25.5 Å². The van der Waals surface area contributed by atoms with Gasteiger partial charge in [-0.05, 0) is 42.5 Å². The van der Waals surface area contributed by atoms with E-state index in [4.69, 9.17) is 8.85 Å². The molecule has 3 aromatic rings. The van der Waals surface area contributed by atoms with Gasteiger partial charge in [0.25, 0.3) is 0 Å². The summed E-state index contributed by atoms with van der Waals surface area (Å²) in [5.41, 5.74) is 0.948. The number of ether oxygens (including phenoxy) is 1. The smallest absolute Gasteiger partial charge is 0.216 e. The molecular weight excluding hydrogens is 442 g/mol. The van der Waals surface area contributed by atoms with Crippen molar-refractivity contribution in [2.45, 2.75) is 50.0 Å². The predicted octanol–water partition coefficient (Wildman–Crippen LogP) is 3.51. The second kappa shape index (κ2) is 9.09. The molecule has 0 unspecified atom stereocenters. The summed E-state index contributed by atoms with van der Waals surface area (Å²) in [6.45, 7) is 0. The summed E-state index contributed by atoms with van der Waals surface area (Å²) >= 11 is 0. The number of anilines is 1. The number of aromatic nitrogens is 4. The highest BCUT2D eigenvalue weighted by Gasteiger charge is 2.42. The molecule has 2 aromatic heterocycles. The SMILES string of the molecule is [2H]C([2H])([2H])Oc1cc(-c2ccc(-c3ncc(N(C)[C@@H]4C[C@H]5CCC[C@@H](N5)[C@@H]4F)nn3)c(O)c2)cc(F)n1. The van der Waals surface area contributed by atoms with Crippen molar-refractivity contribution in [3.63, 3.8) is 0 Å². The van der Waals surface area contributed by atoms with Crippen LogP contribution in [0.2, 0.25) is 0 Å². The molecule has 0 amide bonds. The number of hydrogen-bond acceptors (Lipinski definition) is 8. The van der Waals surface area contributed by atoms with E-state index in [0.29, 0.717) is 29.4 Å². The Morgan fingerprint density at radius 3 is 2.85 bits per heavy atom. The van der Waals surface area contributed by atoms with E-state index >= 15 is 4.39 Å². The molecule has 2 saturated heterocycles. The van der Waals surface area contributed by atoms with Crippen molar-refractivity contribution in [1.82, 2.24) is 25.5 Å². The lowest BCUT2D eigenvalue weighted by molar-refractivity contribution is 0.107. The molecular formula is C24H26F2N6O2. The number of fused-ring (bicyclic) bond motifs is 2. The van der Waals surface area contributed by atoms with Crippen molar-refractivity contribution >= 4 is 5.82 Å². The van der Waals surface area contributed by atoms with Crippen molar-refractivity contribution in [2.24, 2.45) is 0 Å². The lowest BCUT2D eigenvalue weighted by Crippen LogP contribution is -2.61. The minimum Gasteiger partial charge on any atom is -0.507 e. The lowest BCUT2D eigenvalue weighted by atomic mass is 9.82. The number of pyridine rings is 1. The van der Waals surface area contributed by atoms with E-state index in [1.165, 1.54) is 18.3 Å². The molecule has 178 valence electrons. The van der Waals surface area contributed by atoms with Crippen molar-refractivity contribution in [1.29, 1.82) is 0 Å². The molecule has 10 heteroatoms. The minimum absolute atomic E-state index is 0.152. The summed E-state index contributed by atoms with van der Waals surface area (Å²) in [5, 5.41) is 22.4. The summed E-state index contributed by atoms with van der Waals surface area (Å²) in [5.74, 6) is -0.931. The van der Waals surface area contributed by atoms with Gasteiger partial charge < -0.3 is 20.1 Å². The Balaban J connectivity index is 1.35. The number of nitrogens with one attached hydrogen (secondary N) is 1. The molecule has 0 saturated carbocycles. The van der Waals surface area contributed by atoms with Gasteiger partial charge >= 0.3 is 0 Å². The molecule has 4 heterocycles. The topological polar surface area (TPSA) is 96.3 Å². The van der Waals surface area contributed by atoms with Crippen LogP contribution in [0, 0.1) is 5.95 Å². The third-order valence-corrected chi connectivity index (χ3v) is 6.65. The van der Waals surface area contributed by atoms with Crippen LogP contribution < -0.4 is 15.0 Å². The van der Waals surface area contributed by atoms with Crippen molar-refractivity contribution in [2.75, 3.05) is 19.0 Å². The van der Waals surface area contributed by atoms with Crippen molar-refractivity contribution in [3.05, 3.63) is 42.5 Å². The maximum atomic E-state index is 15.1. The highest BCUT2D eigenvalue weighted by Crippen LogP contribution is 2.34. The van der Waals surface area contributed by atoms with Gasteiger partial charge in [-0.3, -0.25) is 0 Å². The first-order chi connectivity index (χ1) is 17.6. The van der Waals surface area contributed by atoms with Gasteiger partial charge in [0.15, 0.2) is 11.6 Å². The van der Waals surface area contributed by atoms with Gasteiger partial charge in [-0.2, -0.15) is 9.37 Å². The van der Waals surface area contributed by atoms with Crippen LogP contribution >= 0.6 is 0 Å². The number of alkyl halides is 1. The molecule has 8 nitrogen and oxygen atoms in total. The Kier molecular flexibility index (Phi) is 5.07. The number of halogens is 2. The number of benzene rings is 1. The average molecular weight is 472 g/mol. The van der Waals surface area contributed by atoms with E-state index in [0.717, 1.165) is 25.3 Å². The van der Waals surface area contributed by atoms with Crippen LogP contribution in [0.5, 0.6) is 11.6 Å². The van der Waals surface area contributed by atoms with Gasteiger partial charge in [-0.25, -0.2) is 9.37 Å². The number of piperidine rings is 2. The number of hydrogen-bond donors (Lipinski definition) is 2. The molecule has 2 aliphatic heterocycles. The maximum Gasteiger partial charge on any atom is 0.216 e. The summed E-state index contributed by atoms with van der Waals surface area (Å²) in [6.07, 6.45) is 4.03. The first-order valence-corrected chi connectivity index (χ1v) is 11.1. The van der Waals surface area contributed by atoms with Crippen molar-refractivity contribution < 1.29 is 22.7 Å². The van der Waals surface area contributed by atoms with Crippen LogP contribution in [0.15, 0.2) is 36.5 Å². The average Bonchev–Trinajstić information content (AvgIpc) is 2.85. The third-order valence-electron chi connectivity index (χ3n) is 6.65. The zero-order valence-electron chi connectivity index (χ0n) is 21.4. The number of aromatic hydroxyl groups is 1. The van der Waals surface area contributed by atoms with E-state index < -0.39 is 25.0 Å². The fraction of sp³-hybridized carbons (Fsp3) is 0.417. The summed E-state index contributed by atoms with van der Waals surface area (Å²) < 4.78 is 55.3. The Labute approximate surface area is 200 Å². The van der Waals surface area contributed by atoms with Gasteiger partial charge in [-0.1, -0.05) is 12.5 Å². The number of nitrogens with zero attached hydrogens (tertiary/aromatic N) is 5. The molecule has 2 bridgehead atoms. The minimum atomic E-state index is -2.79. The fourth-order valence-corrected chi connectivity index (χ4v) is 4.87. The molecule has 2 aliphatic rings. The van der Waals surface area contributed by atoms with Crippen LogP contribution in [-0.4, -0.2) is 63.7 Å². The number of phenolic OH excluding ortho intramolecular Hbond substituents is 1. The maximum absolute atomic E-state index is 15.1. The van der Waals surface area contributed by atoms with Gasteiger partial charge in [0.1, 0.15) is 11.9 Å². The molecule has 34 heavy (non-hydrogen) atoms. The molecule has 0 radical (unpaired) electrons. The van der Waals surface area contributed by atoms with E-state index in [1.807, 2.05) is 0 Å². The Hall–Kier alpha value is -3.40. The lowest BCUT2D eigenvalue weighted by Gasteiger charge is -2.45. The largest absolute Gasteiger partial charge is 0.507 e. The van der Waals surface area contributed by atoms with Crippen LogP contribution in [0.25, 0.3) is 22.5 Å². The Bertz CT molecular complexity index is 1280. The Morgan fingerprint density at radius 2 is 2.09 bits per heavy atom. The quantitative estimate of drug-likeness (QED) is 0.546. The molecule has 0 aliphatic carbocycles. The predicted molar refractivity (Wildman–Crippen MR) is 123 cm³/mol. The number of rotatable bonds is 5. The van der Waals surface area contributed by atoms with Crippen molar-refractivity contribution in [3.8, 4) is 34.1 Å². The highest BCUT2D eigenvalue weighted by molar-refractivity contribution is 5.73. The van der Waals surface area contributed by atoms with Gasteiger partial charge in [0.2, 0.25) is 11.8 Å². The van der Waals surface area contributed by atoms with Gasteiger partial charge in [0, 0.05) is 31.3 Å². The first-order valence-electron chi connectivity index (χ1n) is 12.6.